The van der Waals surface area contributed by atoms with Crippen molar-refractivity contribution in [3.05, 3.63) is 17.5 Å². The molecule has 17 heavy (non-hydrogen) atoms. The second-order valence-corrected chi connectivity index (χ2v) is 4.54. The summed E-state index contributed by atoms with van der Waals surface area (Å²) in [5.74, 6) is -1.46. The highest BCUT2D eigenvalue weighted by Gasteiger charge is 2.37. The van der Waals surface area contributed by atoms with Crippen molar-refractivity contribution in [1.82, 2.24) is 15.1 Å². The summed E-state index contributed by atoms with van der Waals surface area (Å²) in [6.07, 6.45) is 1.48. The van der Waals surface area contributed by atoms with Crippen molar-refractivity contribution < 1.29 is 14.7 Å². The zero-order chi connectivity index (χ0) is 12.6. The first kappa shape index (κ1) is 11.6. The van der Waals surface area contributed by atoms with Gasteiger partial charge >= 0.3 is 5.97 Å². The maximum absolute atomic E-state index is 12.1. The third kappa shape index (κ3) is 2.02. The number of rotatable bonds is 2. The summed E-state index contributed by atoms with van der Waals surface area (Å²) >= 11 is 0. The number of hydrogen-bond acceptors (Lipinski definition) is 3. The number of likely N-dealkylation sites (tertiary alicyclic amines) is 1. The number of aryl methyl sites for hydroxylation is 1. The molecule has 1 aromatic heterocycles. The topological polar surface area (TPSA) is 86.3 Å². The summed E-state index contributed by atoms with van der Waals surface area (Å²) in [5.41, 5.74) is 1.23. The van der Waals surface area contributed by atoms with Crippen molar-refractivity contribution in [1.29, 1.82) is 0 Å². The van der Waals surface area contributed by atoms with Crippen LogP contribution in [0.25, 0.3) is 0 Å². The van der Waals surface area contributed by atoms with Crippen LogP contribution in [0.15, 0.2) is 6.20 Å². The summed E-state index contributed by atoms with van der Waals surface area (Å²) in [4.78, 5) is 24.7. The van der Waals surface area contributed by atoms with Gasteiger partial charge < -0.3 is 10.0 Å². The van der Waals surface area contributed by atoms with E-state index < -0.39 is 11.9 Å². The van der Waals surface area contributed by atoms with Crippen LogP contribution in [0.3, 0.4) is 0 Å². The summed E-state index contributed by atoms with van der Waals surface area (Å²) in [5, 5.41) is 15.5. The number of carbonyl (C=O) groups is 2. The van der Waals surface area contributed by atoms with E-state index >= 15 is 0 Å². The fourth-order valence-corrected chi connectivity index (χ4v) is 2.19. The van der Waals surface area contributed by atoms with E-state index in [0.717, 1.165) is 0 Å². The molecule has 92 valence electrons. The highest BCUT2D eigenvalue weighted by atomic mass is 16.4. The summed E-state index contributed by atoms with van der Waals surface area (Å²) in [6, 6.07) is 0. The predicted octanol–water partition coefficient (Wildman–Crippen LogP) is 0.511. The Labute approximate surface area is 98.6 Å². The van der Waals surface area contributed by atoms with Gasteiger partial charge in [0, 0.05) is 18.8 Å². The minimum absolute atomic E-state index is 0.0105. The van der Waals surface area contributed by atoms with Crippen molar-refractivity contribution in [2.24, 2.45) is 11.8 Å². The molecule has 2 atom stereocenters. The van der Waals surface area contributed by atoms with Crippen LogP contribution in [-0.4, -0.2) is 45.2 Å². The number of aromatic nitrogens is 2. The average Bonchev–Trinajstić information content (AvgIpc) is 2.83. The number of carboxylic acids is 1. The molecule has 1 aliphatic rings. The molecule has 2 rings (SSSR count). The van der Waals surface area contributed by atoms with Gasteiger partial charge in [-0.05, 0) is 12.8 Å². The van der Waals surface area contributed by atoms with Crippen LogP contribution in [0.4, 0.5) is 0 Å². The second-order valence-electron chi connectivity index (χ2n) is 4.54. The molecule has 0 bridgehead atoms. The van der Waals surface area contributed by atoms with E-state index in [1.54, 1.807) is 11.8 Å². The van der Waals surface area contributed by atoms with Gasteiger partial charge in [-0.3, -0.25) is 14.7 Å². The van der Waals surface area contributed by atoms with Crippen molar-refractivity contribution >= 4 is 11.9 Å². The lowest BCUT2D eigenvalue weighted by Crippen LogP contribution is -2.30. The highest BCUT2D eigenvalue weighted by Crippen LogP contribution is 2.24. The summed E-state index contributed by atoms with van der Waals surface area (Å²) < 4.78 is 0. The number of hydrogen-bond donors (Lipinski definition) is 2. The van der Waals surface area contributed by atoms with Gasteiger partial charge in [0.05, 0.1) is 17.7 Å². The first-order valence-corrected chi connectivity index (χ1v) is 5.52. The molecular weight excluding hydrogens is 222 g/mol. The Kier molecular flexibility index (Phi) is 2.87. The first-order valence-electron chi connectivity index (χ1n) is 5.52. The molecule has 2 heterocycles. The van der Waals surface area contributed by atoms with Crippen molar-refractivity contribution in [2.45, 2.75) is 13.8 Å². The number of amides is 1. The Morgan fingerprint density at radius 3 is 2.71 bits per heavy atom. The van der Waals surface area contributed by atoms with Crippen LogP contribution >= 0.6 is 0 Å². The quantitative estimate of drug-likeness (QED) is 0.784. The van der Waals surface area contributed by atoms with E-state index in [2.05, 4.69) is 10.2 Å². The normalized spacial score (nSPS) is 24.0. The Hall–Kier alpha value is -1.85. The Morgan fingerprint density at radius 1 is 1.53 bits per heavy atom. The molecule has 0 spiro atoms. The van der Waals surface area contributed by atoms with Crippen molar-refractivity contribution in [2.75, 3.05) is 13.1 Å². The molecular formula is C11H15N3O3. The Bertz CT molecular complexity index is 455. The van der Waals surface area contributed by atoms with Crippen molar-refractivity contribution in [3.8, 4) is 0 Å². The van der Waals surface area contributed by atoms with E-state index in [4.69, 9.17) is 5.11 Å². The molecule has 0 unspecified atom stereocenters. The van der Waals surface area contributed by atoms with E-state index in [1.165, 1.54) is 6.20 Å². The van der Waals surface area contributed by atoms with E-state index in [-0.39, 0.29) is 18.4 Å². The lowest BCUT2D eigenvalue weighted by Gasteiger charge is -2.15. The molecule has 6 nitrogen and oxygen atoms in total. The maximum atomic E-state index is 12.1. The molecule has 0 radical (unpaired) electrons. The second kappa shape index (κ2) is 4.20. The van der Waals surface area contributed by atoms with Gasteiger partial charge in [-0.1, -0.05) is 6.92 Å². The van der Waals surface area contributed by atoms with Gasteiger partial charge in [-0.15, -0.1) is 0 Å². The average molecular weight is 237 g/mol. The highest BCUT2D eigenvalue weighted by molar-refractivity contribution is 5.95. The van der Waals surface area contributed by atoms with Gasteiger partial charge in [0.1, 0.15) is 0 Å². The first-order chi connectivity index (χ1) is 8.00. The zero-order valence-corrected chi connectivity index (χ0v) is 9.80. The van der Waals surface area contributed by atoms with Crippen LogP contribution in [0.2, 0.25) is 0 Å². The van der Waals surface area contributed by atoms with E-state index in [1.807, 2.05) is 6.92 Å². The largest absolute Gasteiger partial charge is 0.481 e. The Morgan fingerprint density at radius 2 is 2.24 bits per heavy atom. The van der Waals surface area contributed by atoms with Gasteiger partial charge in [0.25, 0.3) is 5.91 Å². The van der Waals surface area contributed by atoms with Gasteiger partial charge in [-0.25, -0.2) is 0 Å². The molecule has 1 aliphatic heterocycles. The molecule has 6 heteroatoms. The zero-order valence-electron chi connectivity index (χ0n) is 9.80. The van der Waals surface area contributed by atoms with Crippen LogP contribution in [0.1, 0.15) is 23.0 Å². The molecule has 1 aromatic rings. The minimum atomic E-state index is -0.836. The van der Waals surface area contributed by atoms with E-state index in [0.29, 0.717) is 17.8 Å². The van der Waals surface area contributed by atoms with Gasteiger partial charge in [-0.2, -0.15) is 5.10 Å². The summed E-state index contributed by atoms with van der Waals surface area (Å²) in [7, 11) is 0. The Balaban J connectivity index is 2.13. The molecule has 0 saturated carbocycles. The molecule has 0 aromatic carbocycles. The predicted molar refractivity (Wildman–Crippen MR) is 59.5 cm³/mol. The number of nitrogens with one attached hydrogen (secondary N) is 1. The number of carboxylic acid groups (broad SMARTS) is 1. The molecule has 1 amide bonds. The van der Waals surface area contributed by atoms with Gasteiger partial charge in [0.15, 0.2) is 0 Å². The molecule has 0 aliphatic carbocycles. The lowest BCUT2D eigenvalue weighted by molar-refractivity contribution is -0.142. The fraction of sp³-hybridized carbons (Fsp3) is 0.545. The number of aliphatic carboxylic acids is 1. The van der Waals surface area contributed by atoms with Crippen LogP contribution in [0, 0.1) is 18.8 Å². The van der Waals surface area contributed by atoms with Gasteiger partial charge in [0.2, 0.25) is 0 Å². The number of carbonyl (C=O) groups excluding carboxylic acids is 1. The minimum Gasteiger partial charge on any atom is -0.481 e. The van der Waals surface area contributed by atoms with Crippen molar-refractivity contribution in [3.63, 3.8) is 0 Å². The number of nitrogens with zero attached hydrogens (tertiary/aromatic N) is 2. The summed E-state index contributed by atoms with van der Waals surface area (Å²) in [6.45, 7) is 4.39. The van der Waals surface area contributed by atoms with Crippen LogP contribution < -0.4 is 0 Å². The monoisotopic (exact) mass is 237 g/mol. The molecule has 2 N–H and O–H groups in total. The van der Waals surface area contributed by atoms with Crippen LogP contribution in [0.5, 0.6) is 0 Å². The fourth-order valence-electron chi connectivity index (χ4n) is 2.19. The standard InChI is InChI=1S/C11H15N3O3/c1-6-4-14(5-9(6)11(16)17)10(15)8-3-12-13-7(8)2/h3,6,9H,4-5H2,1-2H3,(H,12,13)(H,16,17)/t6-,9-/m1/s1. The number of aromatic amines is 1. The lowest BCUT2D eigenvalue weighted by atomic mass is 9.99. The van der Waals surface area contributed by atoms with Crippen LogP contribution in [-0.2, 0) is 4.79 Å². The third-order valence-electron chi connectivity index (χ3n) is 3.28. The van der Waals surface area contributed by atoms with E-state index in [9.17, 15) is 9.59 Å². The maximum Gasteiger partial charge on any atom is 0.308 e. The SMILES string of the molecule is Cc1[nH]ncc1C(=O)N1C[C@@H](C)[C@H](C(=O)O)C1. The number of H-pyrrole nitrogens is 1. The molecule has 1 fully saturated rings. The smallest absolute Gasteiger partial charge is 0.308 e. The third-order valence-corrected chi connectivity index (χ3v) is 3.28. The molecule has 1 saturated heterocycles.